The number of hydrogen-bond donors (Lipinski definition) is 2. The maximum absolute atomic E-state index is 11.1. The third-order valence-electron chi connectivity index (χ3n) is 2.74. The van der Waals surface area contributed by atoms with Crippen LogP contribution in [0.2, 0.25) is 0 Å². The first-order valence-electron chi connectivity index (χ1n) is 5.08. The van der Waals surface area contributed by atoms with Crippen molar-refractivity contribution in [3.8, 4) is 0 Å². The molecule has 3 nitrogen and oxygen atoms in total. The number of aliphatic hydroxyl groups is 1. The van der Waals surface area contributed by atoms with Gasteiger partial charge in [0.1, 0.15) is 6.10 Å². The highest BCUT2D eigenvalue weighted by Crippen LogP contribution is 2.23. The van der Waals surface area contributed by atoms with Crippen LogP contribution in [0.1, 0.15) is 39.5 Å². The van der Waals surface area contributed by atoms with Crippen LogP contribution in [0, 0.1) is 5.92 Å². The van der Waals surface area contributed by atoms with Crippen LogP contribution in [-0.2, 0) is 4.79 Å². The summed E-state index contributed by atoms with van der Waals surface area (Å²) in [4.78, 5) is 11.1. The SMILES string of the molecule is C[C@H](O)C(=O)N[C@H]1CC[C@@H](C)CC1. The van der Waals surface area contributed by atoms with Crippen molar-refractivity contribution < 1.29 is 9.90 Å². The molecule has 0 aliphatic heterocycles. The highest BCUT2D eigenvalue weighted by molar-refractivity contribution is 5.80. The smallest absolute Gasteiger partial charge is 0.248 e. The summed E-state index contributed by atoms with van der Waals surface area (Å²) >= 11 is 0. The second-order valence-corrected chi connectivity index (χ2v) is 4.14. The number of rotatable bonds is 2. The maximum atomic E-state index is 11.1. The van der Waals surface area contributed by atoms with Gasteiger partial charge in [0.2, 0.25) is 5.91 Å². The summed E-state index contributed by atoms with van der Waals surface area (Å²) in [6, 6.07) is 0.290. The Morgan fingerprint density at radius 2 is 1.92 bits per heavy atom. The Bertz CT molecular complexity index is 172. The van der Waals surface area contributed by atoms with E-state index in [4.69, 9.17) is 5.11 Å². The summed E-state index contributed by atoms with van der Waals surface area (Å²) in [6.07, 6.45) is 3.61. The Hall–Kier alpha value is -0.570. The molecule has 0 unspecified atom stereocenters. The molecule has 76 valence electrons. The van der Waals surface area contributed by atoms with Gasteiger partial charge in [0.25, 0.3) is 0 Å². The van der Waals surface area contributed by atoms with Crippen molar-refractivity contribution >= 4 is 5.91 Å². The molecule has 3 heteroatoms. The lowest BCUT2D eigenvalue weighted by Gasteiger charge is -2.27. The Kier molecular flexibility index (Phi) is 3.72. The number of amides is 1. The van der Waals surface area contributed by atoms with Crippen LogP contribution in [0.15, 0.2) is 0 Å². The van der Waals surface area contributed by atoms with Gasteiger partial charge in [-0.25, -0.2) is 0 Å². The van der Waals surface area contributed by atoms with Crippen molar-refractivity contribution in [2.75, 3.05) is 0 Å². The standard InChI is InChI=1S/C10H19NO2/c1-7-3-5-9(6-4-7)11-10(13)8(2)12/h7-9,12H,3-6H2,1-2H3,(H,11,13)/t7-,8-,9+/m0/s1. The van der Waals surface area contributed by atoms with Gasteiger partial charge in [-0.1, -0.05) is 6.92 Å². The molecule has 13 heavy (non-hydrogen) atoms. The average Bonchev–Trinajstić information content (AvgIpc) is 2.08. The summed E-state index contributed by atoms with van der Waals surface area (Å²) in [5.41, 5.74) is 0. The molecule has 1 aliphatic carbocycles. The van der Waals surface area contributed by atoms with E-state index in [0.29, 0.717) is 6.04 Å². The number of hydrogen-bond acceptors (Lipinski definition) is 2. The zero-order valence-electron chi connectivity index (χ0n) is 8.42. The van der Waals surface area contributed by atoms with Gasteiger partial charge < -0.3 is 10.4 Å². The molecule has 1 atom stereocenters. The lowest BCUT2D eigenvalue weighted by Crippen LogP contribution is -2.41. The molecule has 0 aromatic heterocycles. The predicted octanol–water partition coefficient (Wildman–Crippen LogP) is 1.06. The fraction of sp³-hybridized carbons (Fsp3) is 0.900. The largest absolute Gasteiger partial charge is 0.384 e. The minimum Gasteiger partial charge on any atom is -0.384 e. The highest BCUT2D eigenvalue weighted by Gasteiger charge is 2.20. The van der Waals surface area contributed by atoms with E-state index in [1.807, 2.05) is 0 Å². The van der Waals surface area contributed by atoms with E-state index in [-0.39, 0.29) is 5.91 Å². The summed E-state index contributed by atoms with van der Waals surface area (Å²) in [5, 5.41) is 11.8. The quantitative estimate of drug-likeness (QED) is 0.676. The Morgan fingerprint density at radius 1 is 1.38 bits per heavy atom. The fourth-order valence-electron chi connectivity index (χ4n) is 1.73. The Balaban J connectivity index is 2.26. The molecular weight excluding hydrogens is 166 g/mol. The zero-order chi connectivity index (χ0) is 9.84. The summed E-state index contributed by atoms with van der Waals surface area (Å²) in [7, 11) is 0. The molecule has 0 heterocycles. The van der Waals surface area contributed by atoms with Crippen molar-refractivity contribution in [1.82, 2.24) is 5.32 Å². The molecule has 1 saturated carbocycles. The van der Waals surface area contributed by atoms with E-state index < -0.39 is 6.10 Å². The maximum Gasteiger partial charge on any atom is 0.248 e. The first kappa shape index (κ1) is 10.5. The highest BCUT2D eigenvalue weighted by atomic mass is 16.3. The zero-order valence-corrected chi connectivity index (χ0v) is 8.42. The fourth-order valence-corrected chi connectivity index (χ4v) is 1.73. The Morgan fingerprint density at radius 3 is 2.38 bits per heavy atom. The minimum atomic E-state index is -0.876. The van der Waals surface area contributed by atoms with Crippen LogP contribution in [0.25, 0.3) is 0 Å². The van der Waals surface area contributed by atoms with Gasteiger partial charge in [-0.2, -0.15) is 0 Å². The van der Waals surface area contributed by atoms with Gasteiger partial charge in [0.15, 0.2) is 0 Å². The molecule has 1 amide bonds. The van der Waals surface area contributed by atoms with Crippen molar-refractivity contribution in [2.45, 2.75) is 51.7 Å². The molecule has 0 spiro atoms. The van der Waals surface area contributed by atoms with E-state index in [2.05, 4.69) is 12.2 Å². The van der Waals surface area contributed by atoms with Crippen molar-refractivity contribution in [2.24, 2.45) is 5.92 Å². The van der Waals surface area contributed by atoms with Gasteiger partial charge in [0, 0.05) is 6.04 Å². The first-order valence-corrected chi connectivity index (χ1v) is 5.08. The van der Waals surface area contributed by atoms with Crippen molar-refractivity contribution in [3.63, 3.8) is 0 Å². The monoisotopic (exact) mass is 185 g/mol. The van der Waals surface area contributed by atoms with Gasteiger partial charge >= 0.3 is 0 Å². The normalized spacial score (nSPS) is 31.0. The van der Waals surface area contributed by atoms with Crippen LogP contribution in [0.3, 0.4) is 0 Å². The average molecular weight is 185 g/mol. The second-order valence-electron chi connectivity index (χ2n) is 4.14. The molecule has 0 radical (unpaired) electrons. The number of carbonyl (C=O) groups excluding carboxylic acids is 1. The number of nitrogens with one attached hydrogen (secondary N) is 1. The molecule has 0 saturated heterocycles. The van der Waals surface area contributed by atoms with Gasteiger partial charge in [-0.05, 0) is 38.5 Å². The first-order chi connectivity index (χ1) is 6.09. The van der Waals surface area contributed by atoms with Crippen LogP contribution in [0.5, 0.6) is 0 Å². The molecule has 0 aromatic rings. The van der Waals surface area contributed by atoms with E-state index in [9.17, 15) is 4.79 Å². The summed E-state index contributed by atoms with van der Waals surface area (Å²) in [6.45, 7) is 3.74. The molecule has 0 bridgehead atoms. The molecule has 1 aliphatic rings. The lowest BCUT2D eigenvalue weighted by atomic mass is 9.87. The molecule has 0 aromatic carbocycles. The summed E-state index contributed by atoms with van der Waals surface area (Å²) < 4.78 is 0. The van der Waals surface area contributed by atoms with E-state index in [0.717, 1.165) is 18.8 Å². The third kappa shape index (κ3) is 3.35. The Labute approximate surface area is 79.5 Å². The van der Waals surface area contributed by atoms with Gasteiger partial charge in [-0.3, -0.25) is 4.79 Å². The van der Waals surface area contributed by atoms with Crippen molar-refractivity contribution in [1.29, 1.82) is 0 Å². The van der Waals surface area contributed by atoms with Crippen LogP contribution >= 0.6 is 0 Å². The van der Waals surface area contributed by atoms with Crippen molar-refractivity contribution in [3.05, 3.63) is 0 Å². The number of aliphatic hydroxyl groups excluding tert-OH is 1. The van der Waals surface area contributed by atoms with E-state index in [1.54, 1.807) is 0 Å². The molecular formula is C10H19NO2. The van der Waals surface area contributed by atoms with Crippen LogP contribution in [-0.4, -0.2) is 23.2 Å². The van der Waals surface area contributed by atoms with Crippen LogP contribution < -0.4 is 5.32 Å². The van der Waals surface area contributed by atoms with Gasteiger partial charge in [0.05, 0.1) is 0 Å². The molecule has 2 N–H and O–H groups in total. The number of carbonyl (C=O) groups is 1. The molecule has 1 rings (SSSR count). The summed E-state index contributed by atoms with van der Waals surface area (Å²) in [5.74, 6) is 0.555. The van der Waals surface area contributed by atoms with E-state index in [1.165, 1.54) is 19.8 Å². The topological polar surface area (TPSA) is 49.3 Å². The van der Waals surface area contributed by atoms with Crippen LogP contribution in [0.4, 0.5) is 0 Å². The third-order valence-corrected chi connectivity index (χ3v) is 2.74. The minimum absolute atomic E-state index is 0.237. The second kappa shape index (κ2) is 4.61. The molecule has 1 fully saturated rings. The van der Waals surface area contributed by atoms with Gasteiger partial charge in [-0.15, -0.1) is 0 Å². The van der Waals surface area contributed by atoms with E-state index >= 15 is 0 Å². The lowest BCUT2D eigenvalue weighted by molar-refractivity contribution is -0.129. The predicted molar refractivity (Wildman–Crippen MR) is 51.2 cm³/mol.